The zero-order valence-corrected chi connectivity index (χ0v) is 14.7. The fourth-order valence-corrected chi connectivity index (χ4v) is 3.74. The summed E-state index contributed by atoms with van der Waals surface area (Å²) in [5.74, 6) is -0.247. The Morgan fingerprint density at radius 1 is 0.923 bits per heavy atom. The maximum absolute atomic E-state index is 12.0. The third-order valence-electron chi connectivity index (χ3n) is 5.08. The van der Waals surface area contributed by atoms with E-state index in [-0.39, 0.29) is 11.9 Å². The van der Waals surface area contributed by atoms with E-state index in [9.17, 15) is 4.79 Å². The molecule has 132 valence electrons. The van der Waals surface area contributed by atoms with Crippen LogP contribution in [0, 0.1) is 0 Å². The first-order valence-corrected chi connectivity index (χ1v) is 8.98. The summed E-state index contributed by atoms with van der Waals surface area (Å²) in [5, 5.41) is 0. The molecule has 2 aromatic carbocycles. The normalized spacial score (nSPS) is 17.0. The Bertz CT molecular complexity index is 901. The van der Waals surface area contributed by atoms with Crippen LogP contribution in [0.3, 0.4) is 0 Å². The molecule has 1 aromatic heterocycles. The molecule has 0 saturated carbocycles. The van der Waals surface area contributed by atoms with Crippen molar-refractivity contribution in [3.63, 3.8) is 0 Å². The lowest BCUT2D eigenvalue weighted by Gasteiger charge is -2.34. The molecule has 3 aromatic rings. The lowest BCUT2D eigenvalue weighted by atomic mass is 9.93. The van der Waals surface area contributed by atoms with Gasteiger partial charge in [-0.15, -0.1) is 0 Å². The highest BCUT2D eigenvalue weighted by molar-refractivity contribution is 5.80. The Hall–Kier alpha value is -2.85. The summed E-state index contributed by atoms with van der Waals surface area (Å²) < 4.78 is 2.18. The van der Waals surface area contributed by atoms with Gasteiger partial charge in [-0.2, -0.15) is 0 Å². The van der Waals surface area contributed by atoms with E-state index in [4.69, 9.17) is 5.73 Å². The average Bonchev–Trinajstić information content (AvgIpc) is 3.08. The quantitative estimate of drug-likeness (QED) is 0.773. The van der Waals surface area contributed by atoms with Crippen LogP contribution in [-0.2, 0) is 30.8 Å². The number of nitrogens with two attached hydrogens (primary N) is 1. The largest absolute Gasteiger partial charge is 0.368 e. The molecular weight excluding hydrogens is 322 g/mol. The van der Waals surface area contributed by atoms with Crippen molar-refractivity contribution in [3.05, 3.63) is 95.3 Å². The van der Waals surface area contributed by atoms with Crippen molar-refractivity contribution in [2.75, 3.05) is 0 Å². The number of aromatic nitrogens is 1. The Morgan fingerprint density at radius 2 is 1.65 bits per heavy atom. The van der Waals surface area contributed by atoms with Crippen LogP contribution < -0.4 is 5.73 Å². The van der Waals surface area contributed by atoms with Gasteiger partial charge >= 0.3 is 0 Å². The van der Waals surface area contributed by atoms with E-state index >= 15 is 0 Å². The van der Waals surface area contributed by atoms with Crippen molar-refractivity contribution < 1.29 is 4.79 Å². The molecular formula is C22H23N3O. The fourth-order valence-electron chi connectivity index (χ4n) is 3.74. The maximum Gasteiger partial charge on any atom is 0.235 e. The first-order chi connectivity index (χ1) is 12.7. The highest BCUT2D eigenvalue weighted by Gasteiger charge is 2.29. The highest BCUT2D eigenvalue weighted by atomic mass is 16.1. The minimum absolute atomic E-state index is 0.247. The summed E-state index contributed by atoms with van der Waals surface area (Å²) in [6.45, 7) is 2.33. The maximum atomic E-state index is 12.0. The Balaban J connectivity index is 1.50. The molecule has 2 N–H and O–H groups in total. The van der Waals surface area contributed by atoms with E-state index in [1.54, 1.807) is 0 Å². The van der Waals surface area contributed by atoms with Crippen molar-refractivity contribution in [2.24, 2.45) is 5.73 Å². The zero-order chi connectivity index (χ0) is 17.9. The molecule has 1 atom stereocenters. The number of primary amides is 1. The van der Waals surface area contributed by atoms with Gasteiger partial charge in [0.15, 0.2) is 0 Å². The predicted octanol–water partition coefficient (Wildman–Crippen LogP) is 2.95. The summed E-state index contributed by atoms with van der Waals surface area (Å²) in [6.07, 6.45) is 4.95. The van der Waals surface area contributed by atoms with E-state index in [1.807, 2.05) is 12.1 Å². The monoisotopic (exact) mass is 345 g/mol. The van der Waals surface area contributed by atoms with Crippen LogP contribution in [0.1, 0.15) is 22.3 Å². The summed E-state index contributed by atoms with van der Waals surface area (Å²) in [7, 11) is 0. The molecule has 0 aliphatic carbocycles. The number of carbonyl (C=O) groups is 1. The van der Waals surface area contributed by atoms with Gasteiger partial charge in [0, 0.05) is 32.0 Å². The number of rotatable bonds is 5. The smallest absolute Gasteiger partial charge is 0.235 e. The molecule has 0 unspecified atom stereocenters. The van der Waals surface area contributed by atoms with E-state index in [1.165, 1.54) is 22.3 Å². The van der Waals surface area contributed by atoms with Crippen molar-refractivity contribution >= 4 is 5.91 Å². The first-order valence-electron chi connectivity index (χ1n) is 8.98. The second-order valence-corrected chi connectivity index (χ2v) is 6.97. The molecule has 0 fully saturated rings. The van der Waals surface area contributed by atoms with Gasteiger partial charge in [0.1, 0.15) is 0 Å². The number of benzene rings is 2. The number of carbonyl (C=O) groups excluding carboxylic acids is 1. The van der Waals surface area contributed by atoms with Gasteiger partial charge in [0.05, 0.1) is 6.04 Å². The summed E-state index contributed by atoms with van der Waals surface area (Å²) in [4.78, 5) is 14.2. The third kappa shape index (κ3) is 3.55. The topological polar surface area (TPSA) is 51.3 Å². The lowest BCUT2D eigenvalue weighted by molar-refractivity contribution is -0.124. The van der Waals surface area contributed by atoms with Crippen LogP contribution in [0.15, 0.2) is 73.1 Å². The number of amides is 1. The molecule has 1 aliphatic heterocycles. The molecule has 0 saturated heterocycles. The molecule has 4 heteroatoms. The number of hydrogen-bond acceptors (Lipinski definition) is 2. The van der Waals surface area contributed by atoms with Crippen LogP contribution in [0.5, 0.6) is 0 Å². The third-order valence-corrected chi connectivity index (χ3v) is 5.08. The van der Waals surface area contributed by atoms with Gasteiger partial charge in [0.25, 0.3) is 0 Å². The van der Waals surface area contributed by atoms with Crippen LogP contribution in [-0.4, -0.2) is 21.4 Å². The minimum Gasteiger partial charge on any atom is -0.368 e. The molecule has 2 heterocycles. The van der Waals surface area contributed by atoms with Gasteiger partial charge in [-0.05, 0) is 34.7 Å². The number of hydrogen-bond donors (Lipinski definition) is 1. The summed E-state index contributed by atoms with van der Waals surface area (Å²) in [5.41, 5.74) is 10.7. The van der Waals surface area contributed by atoms with Gasteiger partial charge in [-0.3, -0.25) is 9.69 Å². The second-order valence-electron chi connectivity index (χ2n) is 6.97. The second kappa shape index (κ2) is 7.18. The standard InChI is InChI=1S/C22H23N3O/c23-22(26)21-12-19-8-4-5-9-20(19)16-25(21)15-18-10-11-24(14-18)13-17-6-2-1-3-7-17/h1-11,14,21H,12-13,15-16H2,(H2,23,26)/t21-/m1/s1. The highest BCUT2D eigenvalue weighted by Crippen LogP contribution is 2.25. The molecule has 0 bridgehead atoms. The molecule has 0 radical (unpaired) electrons. The average molecular weight is 345 g/mol. The van der Waals surface area contributed by atoms with Crippen molar-refractivity contribution in [1.82, 2.24) is 9.47 Å². The molecule has 0 spiro atoms. The van der Waals surface area contributed by atoms with E-state index in [0.717, 1.165) is 19.6 Å². The summed E-state index contributed by atoms with van der Waals surface area (Å²) >= 11 is 0. The molecule has 4 rings (SSSR count). The minimum atomic E-state index is -0.248. The van der Waals surface area contributed by atoms with Gasteiger partial charge in [-0.25, -0.2) is 0 Å². The van der Waals surface area contributed by atoms with Crippen LogP contribution in [0.25, 0.3) is 0 Å². The lowest BCUT2D eigenvalue weighted by Crippen LogP contribution is -2.48. The van der Waals surface area contributed by atoms with Gasteiger partial charge < -0.3 is 10.3 Å². The van der Waals surface area contributed by atoms with Gasteiger partial charge in [-0.1, -0.05) is 54.6 Å². The van der Waals surface area contributed by atoms with Crippen molar-refractivity contribution in [3.8, 4) is 0 Å². The Morgan fingerprint density at radius 3 is 2.42 bits per heavy atom. The van der Waals surface area contributed by atoms with Crippen molar-refractivity contribution in [2.45, 2.75) is 32.1 Å². The van der Waals surface area contributed by atoms with E-state index < -0.39 is 0 Å². The first kappa shape index (κ1) is 16.6. The Kier molecular flexibility index (Phi) is 4.59. The molecule has 4 nitrogen and oxygen atoms in total. The number of nitrogens with zero attached hydrogens (tertiary/aromatic N) is 2. The molecule has 26 heavy (non-hydrogen) atoms. The van der Waals surface area contributed by atoms with E-state index in [2.05, 4.69) is 70.4 Å². The zero-order valence-electron chi connectivity index (χ0n) is 14.7. The Labute approximate surface area is 153 Å². The predicted molar refractivity (Wildman–Crippen MR) is 102 cm³/mol. The van der Waals surface area contributed by atoms with Crippen molar-refractivity contribution in [1.29, 1.82) is 0 Å². The van der Waals surface area contributed by atoms with E-state index in [0.29, 0.717) is 6.42 Å². The fraction of sp³-hybridized carbons (Fsp3) is 0.227. The number of fused-ring (bicyclic) bond motifs is 1. The van der Waals surface area contributed by atoms with Crippen LogP contribution in [0.2, 0.25) is 0 Å². The molecule has 1 amide bonds. The van der Waals surface area contributed by atoms with Crippen LogP contribution in [0.4, 0.5) is 0 Å². The molecule has 1 aliphatic rings. The summed E-state index contributed by atoms with van der Waals surface area (Å²) in [6, 6.07) is 20.6. The van der Waals surface area contributed by atoms with Crippen LogP contribution >= 0.6 is 0 Å². The SMILES string of the molecule is NC(=O)[C@H]1Cc2ccccc2CN1Cc1ccn(Cc2ccccc2)c1. The van der Waals surface area contributed by atoms with Gasteiger partial charge in [0.2, 0.25) is 5.91 Å².